The van der Waals surface area contributed by atoms with Gasteiger partial charge < -0.3 is 5.73 Å². The largest absolute Gasteiger partial charge is 0.330 e. The van der Waals surface area contributed by atoms with Crippen molar-refractivity contribution in [3.8, 4) is 0 Å². The van der Waals surface area contributed by atoms with Crippen molar-refractivity contribution in [1.29, 1.82) is 0 Å². The summed E-state index contributed by atoms with van der Waals surface area (Å²) in [6.07, 6.45) is 2.72. The van der Waals surface area contributed by atoms with Crippen molar-refractivity contribution in [3.63, 3.8) is 0 Å². The van der Waals surface area contributed by atoms with Gasteiger partial charge in [0.2, 0.25) is 0 Å². The van der Waals surface area contributed by atoms with Crippen LogP contribution in [0, 0.1) is 0 Å². The first-order valence-electron chi connectivity index (χ1n) is 4.14. The predicted molar refractivity (Wildman–Crippen MR) is 55.7 cm³/mol. The zero-order valence-electron chi connectivity index (χ0n) is 7.07. The molecular formula is C9H10BrN3. The minimum Gasteiger partial charge on any atom is -0.330 e. The van der Waals surface area contributed by atoms with E-state index in [-0.39, 0.29) is 0 Å². The van der Waals surface area contributed by atoms with E-state index in [1.807, 2.05) is 24.4 Å². The van der Waals surface area contributed by atoms with Crippen LogP contribution in [-0.2, 0) is 6.42 Å². The molecule has 0 aliphatic rings. The average molecular weight is 240 g/mol. The highest BCUT2D eigenvalue weighted by Crippen LogP contribution is 2.15. The van der Waals surface area contributed by atoms with Crippen molar-refractivity contribution in [1.82, 2.24) is 9.38 Å². The van der Waals surface area contributed by atoms with E-state index in [0.717, 1.165) is 22.4 Å². The Kier molecular flexibility index (Phi) is 2.33. The van der Waals surface area contributed by atoms with Crippen LogP contribution in [0.3, 0.4) is 0 Å². The summed E-state index contributed by atoms with van der Waals surface area (Å²) in [5, 5.41) is 0. The van der Waals surface area contributed by atoms with Gasteiger partial charge >= 0.3 is 0 Å². The molecule has 4 heteroatoms. The molecule has 2 aromatic heterocycles. The van der Waals surface area contributed by atoms with Gasteiger partial charge in [-0.05, 0) is 34.6 Å². The summed E-state index contributed by atoms with van der Waals surface area (Å²) in [5.74, 6) is 0. The van der Waals surface area contributed by atoms with E-state index in [4.69, 9.17) is 5.73 Å². The Hall–Kier alpha value is -0.870. The Bertz CT molecular complexity index is 422. The first kappa shape index (κ1) is 8.72. The molecule has 0 fully saturated rings. The lowest BCUT2D eigenvalue weighted by atomic mass is 10.3. The summed E-state index contributed by atoms with van der Waals surface area (Å²) >= 11 is 3.48. The van der Waals surface area contributed by atoms with E-state index >= 15 is 0 Å². The molecule has 0 radical (unpaired) electrons. The molecule has 0 unspecified atom stereocenters. The van der Waals surface area contributed by atoms with Crippen molar-refractivity contribution in [2.75, 3.05) is 6.54 Å². The Balaban J connectivity index is 2.64. The Morgan fingerprint density at radius 3 is 3.08 bits per heavy atom. The lowest BCUT2D eigenvalue weighted by Crippen LogP contribution is -2.05. The summed E-state index contributed by atoms with van der Waals surface area (Å²) in [4.78, 5) is 4.28. The smallest absolute Gasteiger partial charge is 0.137 e. The third kappa shape index (κ3) is 1.47. The molecule has 2 aromatic rings. The van der Waals surface area contributed by atoms with Crippen LogP contribution in [0.4, 0.5) is 0 Å². The zero-order chi connectivity index (χ0) is 9.26. The molecule has 2 heterocycles. The fraction of sp³-hybridized carbons (Fsp3) is 0.222. The summed E-state index contributed by atoms with van der Waals surface area (Å²) in [7, 11) is 0. The van der Waals surface area contributed by atoms with Crippen LogP contribution in [0.5, 0.6) is 0 Å². The lowest BCUT2D eigenvalue weighted by molar-refractivity contribution is 0.897. The van der Waals surface area contributed by atoms with Gasteiger partial charge in [-0.25, -0.2) is 4.98 Å². The van der Waals surface area contributed by atoms with Crippen molar-refractivity contribution < 1.29 is 0 Å². The first-order chi connectivity index (χ1) is 6.33. The van der Waals surface area contributed by atoms with Crippen molar-refractivity contribution >= 4 is 21.6 Å². The summed E-state index contributed by atoms with van der Waals surface area (Å²) in [6.45, 7) is 0.648. The third-order valence-corrected chi connectivity index (χ3v) is 2.57. The maximum Gasteiger partial charge on any atom is 0.137 e. The van der Waals surface area contributed by atoms with Gasteiger partial charge in [0.15, 0.2) is 0 Å². The molecule has 0 aromatic carbocycles. The molecule has 2 rings (SSSR count). The highest BCUT2D eigenvalue weighted by atomic mass is 79.9. The molecule has 0 atom stereocenters. The van der Waals surface area contributed by atoms with Crippen molar-refractivity contribution in [3.05, 3.63) is 34.7 Å². The van der Waals surface area contributed by atoms with Crippen molar-refractivity contribution in [2.24, 2.45) is 5.73 Å². The van der Waals surface area contributed by atoms with Gasteiger partial charge in [0.1, 0.15) is 5.65 Å². The molecule has 0 saturated heterocycles. The molecule has 0 aliphatic heterocycles. The number of pyridine rings is 1. The van der Waals surface area contributed by atoms with Gasteiger partial charge in [-0.1, -0.05) is 6.07 Å². The van der Waals surface area contributed by atoms with Crippen LogP contribution in [0.15, 0.2) is 29.0 Å². The van der Waals surface area contributed by atoms with E-state index in [9.17, 15) is 0 Å². The van der Waals surface area contributed by atoms with Crippen LogP contribution < -0.4 is 5.73 Å². The predicted octanol–water partition coefficient (Wildman–Crippen LogP) is 1.60. The second-order valence-corrected chi connectivity index (χ2v) is 3.64. The number of hydrogen-bond donors (Lipinski definition) is 1. The monoisotopic (exact) mass is 239 g/mol. The number of aromatic nitrogens is 2. The fourth-order valence-electron chi connectivity index (χ4n) is 1.38. The molecule has 0 saturated carbocycles. The van der Waals surface area contributed by atoms with Crippen LogP contribution in [0.25, 0.3) is 5.65 Å². The minimum absolute atomic E-state index is 0.648. The fourth-order valence-corrected chi connectivity index (χ4v) is 1.94. The Labute approximate surface area is 84.7 Å². The molecule has 0 spiro atoms. The highest BCUT2D eigenvalue weighted by molar-refractivity contribution is 9.10. The van der Waals surface area contributed by atoms with E-state index in [2.05, 4.69) is 25.3 Å². The molecule has 0 aliphatic carbocycles. The van der Waals surface area contributed by atoms with Gasteiger partial charge in [-0.3, -0.25) is 4.40 Å². The number of halogens is 1. The zero-order valence-corrected chi connectivity index (χ0v) is 8.66. The van der Waals surface area contributed by atoms with E-state index < -0.39 is 0 Å². The van der Waals surface area contributed by atoms with Gasteiger partial charge in [0.05, 0.1) is 4.60 Å². The number of fused-ring (bicyclic) bond motifs is 1. The molecular weight excluding hydrogens is 230 g/mol. The van der Waals surface area contributed by atoms with Gasteiger partial charge in [0.25, 0.3) is 0 Å². The van der Waals surface area contributed by atoms with Crippen LogP contribution >= 0.6 is 15.9 Å². The van der Waals surface area contributed by atoms with Crippen LogP contribution in [-0.4, -0.2) is 15.9 Å². The second-order valence-electron chi connectivity index (χ2n) is 2.83. The highest BCUT2D eigenvalue weighted by Gasteiger charge is 2.03. The summed E-state index contributed by atoms with van der Waals surface area (Å²) < 4.78 is 3.08. The normalized spacial score (nSPS) is 10.9. The molecule has 3 nitrogen and oxygen atoms in total. The summed E-state index contributed by atoms with van der Waals surface area (Å²) in [5.41, 5.74) is 7.60. The maximum absolute atomic E-state index is 5.50. The first-order valence-corrected chi connectivity index (χ1v) is 4.93. The van der Waals surface area contributed by atoms with E-state index in [1.54, 1.807) is 0 Å². The molecule has 2 N–H and O–H groups in total. The second kappa shape index (κ2) is 3.47. The Morgan fingerprint density at radius 1 is 1.46 bits per heavy atom. The topological polar surface area (TPSA) is 43.3 Å². The van der Waals surface area contributed by atoms with Crippen LogP contribution in [0.1, 0.15) is 5.69 Å². The number of rotatable bonds is 2. The molecule has 0 bridgehead atoms. The average Bonchev–Trinajstić information content (AvgIpc) is 2.51. The SMILES string of the molecule is NCCc1cnc2cccc(Br)n12. The molecule has 13 heavy (non-hydrogen) atoms. The number of nitrogens with zero attached hydrogens (tertiary/aromatic N) is 2. The van der Waals surface area contributed by atoms with Gasteiger partial charge in [-0.2, -0.15) is 0 Å². The number of nitrogens with two attached hydrogens (primary N) is 1. The number of imidazole rings is 1. The van der Waals surface area contributed by atoms with Gasteiger partial charge in [0, 0.05) is 18.3 Å². The molecule has 0 amide bonds. The maximum atomic E-state index is 5.50. The lowest BCUT2D eigenvalue weighted by Gasteiger charge is -2.01. The van der Waals surface area contributed by atoms with Gasteiger partial charge in [-0.15, -0.1) is 0 Å². The van der Waals surface area contributed by atoms with E-state index in [1.165, 1.54) is 0 Å². The quantitative estimate of drug-likeness (QED) is 0.810. The van der Waals surface area contributed by atoms with Crippen molar-refractivity contribution in [2.45, 2.75) is 6.42 Å². The van der Waals surface area contributed by atoms with E-state index in [0.29, 0.717) is 6.54 Å². The van der Waals surface area contributed by atoms with Crippen LogP contribution in [0.2, 0.25) is 0 Å². The third-order valence-electron chi connectivity index (χ3n) is 1.96. The summed E-state index contributed by atoms with van der Waals surface area (Å²) in [6, 6.07) is 5.94. The number of hydrogen-bond acceptors (Lipinski definition) is 2. The standard InChI is InChI=1S/C9H10BrN3/c10-8-2-1-3-9-12-6-7(4-5-11)13(8)9/h1-3,6H,4-5,11H2. The molecule has 68 valence electrons. The minimum atomic E-state index is 0.648. The Morgan fingerprint density at radius 2 is 2.31 bits per heavy atom.